The van der Waals surface area contributed by atoms with E-state index in [0.717, 1.165) is 28.3 Å². The number of nitrogens with one attached hydrogen (secondary N) is 2. The summed E-state index contributed by atoms with van der Waals surface area (Å²) < 4.78 is 22.3. The molecule has 0 aliphatic rings. The molecule has 0 aliphatic carbocycles. The van der Waals surface area contributed by atoms with Crippen LogP contribution in [0.25, 0.3) is 0 Å². The Hall–Kier alpha value is -3.71. The zero-order chi connectivity index (χ0) is 24.3. The van der Waals surface area contributed by atoms with E-state index in [2.05, 4.69) is 17.6 Å². The van der Waals surface area contributed by atoms with Gasteiger partial charge in [-0.25, -0.2) is 0 Å². The van der Waals surface area contributed by atoms with Crippen molar-refractivity contribution in [1.29, 1.82) is 0 Å². The molecule has 3 aromatic carbocycles. The highest BCUT2D eigenvalue weighted by atomic mass is 16.5. The fraction of sp³-hybridized carbons (Fsp3) is 0.296. The molecule has 0 fully saturated rings. The van der Waals surface area contributed by atoms with Crippen LogP contribution in [0.4, 0.5) is 5.69 Å². The van der Waals surface area contributed by atoms with Gasteiger partial charge in [0.15, 0.2) is 18.1 Å². The van der Waals surface area contributed by atoms with Crippen molar-refractivity contribution in [1.82, 2.24) is 5.32 Å². The summed E-state index contributed by atoms with van der Waals surface area (Å²) >= 11 is 0. The summed E-state index contributed by atoms with van der Waals surface area (Å²) in [4.78, 5) is 12.2. The van der Waals surface area contributed by atoms with Gasteiger partial charge in [0.05, 0.1) is 20.8 Å². The molecule has 34 heavy (non-hydrogen) atoms. The standard InChI is InChI=1S/C27H32N2O5/c1-5-33-26-15-20(17-28-19(2)23-13-12-22(31-3)16-25(23)32-4)11-14-24(26)34-18-27(30)29-21-9-7-6-8-10-21/h6-16,19,28H,5,17-18H2,1-4H3,(H,29,30). The van der Waals surface area contributed by atoms with Crippen LogP contribution in [0.2, 0.25) is 0 Å². The van der Waals surface area contributed by atoms with Crippen LogP contribution >= 0.6 is 0 Å². The second-order valence-corrected chi connectivity index (χ2v) is 7.63. The molecule has 180 valence electrons. The molecule has 0 heterocycles. The first-order valence-corrected chi connectivity index (χ1v) is 11.2. The SMILES string of the molecule is CCOc1cc(CNC(C)c2ccc(OC)cc2OC)ccc1OCC(=O)Nc1ccccc1. The topological polar surface area (TPSA) is 78.1 Å². The van der Waals surface area contributed by atoms with Crippen LogP contribution in [0.1, 0.15) is 31.0 Å². The van der Waals surface area contributed by atoms with Crippen molar-refractivity contribution < 1.29 is 23.7 Å². The molecule has 0 aliphatic heterocycles. The first-order chi connectivity index (χ1) is 16.5. The smallest absolute Gasteiger partial charge is 0.262 e. The summed E-state index contributed by atoms with van der Waals surface area (Å²) in [6.45, 7) is 4.99. The van der Waals surface area contributed by atoms with Gasteiger partial charge in [0.1, 0.15) is 11.5 Å². The molecular formula is C27H32N2O5. The van der Waals surface area contributed by atoms with Crippen molar-refractivity contribution >= 4 is 11.6 Å². The Morgan fingerprint density at radius 2 is 1.68 bits per heavy atom. The first kappa shape index (κ1) is 24.9. The van der Waals surface area contributed by atoms with Crippen molar-refractivity contribution in [3.05, 3.63) is 77.9 Å². The van der Waals surface area contributed by atoms with Crippen molar-refractivity contribution in [2.45, 2.75) is 26.4 Å². The maximum absolute atomic E-state index is 12.2. The Morgan fingerprint density at radius 3 is 2.38 bits per heavy atom. The van der Waals surface area contributed by atoms with Gasteiger partial charge in [-0.05, 0) is 49.7 Å². The van der Waals surface area contributed by atoms with Crippen molar-refractivity contribution in [2.24, 2.45) is 0 Å². The molecule has 1 amide bonds. The van der Waals surface area contributed by atoms with Gasteiger partial charge in [0.2, 0.25) is 0 Å². The molecule has 0 saturated heterocycles. The number of carbonyl (C=O) groups is 1. The number of hydrogen-bond donors (Lipinski definition) is 2. The number of carbonyl (C=O) groups excluding carboxylic acids is 1. The van der Waals surface area contributed by atoms with E-state index in [0.29, 0.717) is 24.7 Å². The van der Waals surface area contributed by atoms with Gasteiger partial charge in [-0.3, -0.25) is 4.79 Å². The first-order valence-electron chi connectivity index (χ1n) is 11.2. The molecule has 2 N–H and O–H groups in total. The number of amides is 1. The molecule has 7 nitrogen and oxygen atoms in total. The number of methoxy groups -OCH3 is 2. The Bertz CT molecular complexity index is 1070. The summed E-state index contributed by atoms with van der Waals surface area (Å²) in [5, 5.41) is 6.32. The van der Waals surface area contributed by atoms with Gasteiger partial charge in [0, 0.05) is 29.9 Å². The van der Waals surface area contributed by atoms with E-state index < -0.39 is 0 Å². The van der Waals surface area contributed by atoms with Crippen LogP contribution in [0.3, 0.4) is 0 Å². The Labute approximate surface area is 201 Å². The molecule has 1 unspecified atom stereocenters. The van der Waals surface area contributed by atoms with Gasteiger partial charge < -0.3 is 29.6 Å². The minimum Gasteiger partial charge on any atom is -0.497 e. The molecule has 0 aromatic heterocycles. The summed E-state index contributed by atoms with van der Waals surface area (Å²) in [6.07, 6.45) is 0. The number of ether oxygens (including phenoxy) is 4. The largest absolute Gasteiger partial charge is 0.497 e. The summed E-state index contributed by atoms with van der Waals surface area (Å²) in [5.41, 5.74) is 2.80. The van der Waals surface area contributed by atoms with Crippen LogP contribution in [0.15, 0.2) is 66.7 Å². The van der Waals surface area contributed by atoms with E-state index in [4.69, 9.17) is 18.9 Å². The lowest BCUT2D eigenvalue weighted by Gasteiger charge is -2.19. The number of para-hydroxylation sites is 1. The fourth-order valence-electron chi connectivity index (χ4n) is 3.47. The predicted molar refractivity (Wildman–Crippen MR) is 133 cm³/mol. The van der Waals surface area contributed by atoms with Crippen molar-refractivity contribution in [2.75, 3.05) is 32.8 Å². The second kappa shape index (κ2) is 12.5. The maximum Gasteiger partial charge on any atom is 0.262 e. The highest BCUT2D eigenvalue weighted by Gasteiger charge is 2.14. The maximum atomic E-state index is 12.2. The van der Waals surface area contributed by atoms with Crippen molar-refractivity contribution in [3.63, 3.8) is 0 Å². The van der Waals surface area contributed by atoms with Crippen molar-refractivity contribution in [3.8, 4) is 23.0 Å². The van der Waals surface area contributed by atoms with E-state index in [9.17, 15) is 4.79 Å². The lowest BCUT2D eigenvalue weighted by atomic mass is 10.1. The van der Waals surface area contributed by atoms with E-state index >= 15 is 0 Å². The molecule has 7 heteroatoms. The van der Waals surface area contributed by atoms with E-state index in [1.807, 2.05) is 73.7 Å². The second-order valence-electron chi connectivity index (χ2n) is 7.63. The molecule has 0 spiro atoms. The number of rotatable bonds is 12. The highest BCUT2D eigenvalue weighted by molar-refractivity contribution is 5.91. The Morgan fingerprint density at radius 1 is 0.882 bits per heavy atom. The van der Waals surface area contributed by atoms with Gasteiger partial charge in [-0.15, -0.1) is 0 Å². The normalized spacial score (nSPS) is 11.4. The Balaban J connectivity index is 1.61. The molecular weight excluding hydrogens is 432 g/mol. The van der Waals surface area contributed by atoms with Gasteiger partial charge in [-0.1, -0.05) is 30.3 Å². The van der Waals surface area contributed by atoms with Crippen LogP contribution < -0.4 is 29.6 Å². The molecule has 3 aromatic rings. The van der Waals surface area contributed by atoms with Gasteiger partial charge in [0.25, 0.3) is 5.91 Å². The average molecular weight is 465 g/mol. The monoisotopic (exact) mass is 464 g/mol. The predicted octanol–water partition coefficient (Wildman–Crippen LogP) is 4.97. The van der Waals surface area contributed by atoms with Crippen LogP contribution in [0, 0.1) is 0 Å². The lowest BCUT2D eigenvalue weighted by Crippen LogP contribution is -2.20. The summed E-state index contributed by atoms with van der Waals surface area (Å²) in [7, 11) is 3.29. The highest BCUT2D eigenvalue weighted by Crippen LogP contribution is 2.31. The molecule has 1 atom stereocenters. The average Bonchev–Trinajstić information content (AvgIpc) is 2.87. The number of benzene rings is 3. The summed E-state index contributed by atoms with van der Waals surface area (Å²) in [5.74, 6) is 2.42. The Kier molecular flexibility index (Phi) is 9.17. The van der Waals surface area contributed by atoms with Gasteiger partial charge >= 0.3 is 0 Å². The van der Waals surface area contributed by atoms with Crippen LogP contribution in [-0.2, 0) is 11.3 Å². The number of anilines is 1. The summed E-state index contributed by atoms with van der Waals surface area (Å²) in [6, 6.07) is 20.8. The van der Waals surface area contributed by atoms with Crippen LogP contribution in [0.5, 0.6) is 23.0 Å². The number of hydrogen-bond acceptors (Lipinski definition) is 6. The zero-order valence-electron chi connectivity index (χ0n) is 20.1. The van der Waals surface area contributed by atoms with E-state index in [1.165, 1.54) is 0 Å². The third kappa shape index (κ3) is 6.89. The third-order valence-corrected chi connectivity index (χ3v) is 5.24. The molecule has 3 rings (SSSR count). The fourth-order valence-corrected chi connectivity index (χ4v) is 3.47. The van der Waals surface area contributed by atoms with E-state index in [-0.39, 0.29) is 18.6 Å². The minimum atomic E-state index is -0.235. The van der Waals surface area contributed by atoms with Gasteiger partial charge in [-0.2, -0.15) is 0 Å². The third-order valence-electron chi connectivity index (χ3n) is 5.24. The zero-order valence-corrected chi connectivity index (χ0v) is 20.1. The van der Waals surface area contributed by atoms with Crippen LogP contribution in [-0.4, -0.2) is 33.3 Å². The lowest BCUT2D eigenvalue weighted by molar-refractivity contribution is -0.118. The minimum absolute atomic E-state index is 0.0500. The molecule has 0 radical (unpaired) electrons. The van der Waals surface area contributed by atoms with E-state index in [1.54, 1.807) is 14.2 Å². The molecule has 0 bridgehead atoms. The molecule has 0 saturated carbocycles. The quantitative estimate of drug-likeness (QED) is 0.394.